The molecule has 108 valence electrons. The summed E-state index contributed by atoms with van der Waals surface area (Å²) in [5.74, 6) is -0.861. The second kappa shape index (κ2) is 5.40. The van der Waals surface area contributed by atoms with Crippen LogP contribution < -0.4 is 4.90 Å². The fourth-order valence-corrected chi connectivity index (χ4v) is 2.87. The van der Waals surface area contributed by atoms with Crippen LogP contribution in [0.15, 0.2) is 22.7 Å². The summed E-state index contributed by atoms with van der Waals surface area (Å²) in [6.07, 6.45) is 1.28. The molecular formula is C13H15BrN2O4. The fraction of sp³-hybridized carbons (Fsp3) is 0.462. The highest BCUT2D eigenvalue weighted by Crippen LogP contribution is 2.37. The van der Waals surface area contributed by atoms with Crippen LogP contribution in [0, 0.1) is 15.5 Å². The number of carbonyl (C=O) groups is 1. The Morgan fingerprint density at radius 3 is 2.85 bits per heavy atom. The van der Waals surface area contributed by atoms with E-state index in [0.29, 0.717) is 25.1 Å². The summed E-state index contributed by atoms with van der Waals surface area (Å²) in [6, 6.07) is 4.72. The molecule has 0 bridgehead atoms. The van der Waals surface area contributed by atoms with E-state index in [1.807, 2.05) is 0 Å². The van der Waals surface area contributed by atoms with Crippen molar-refractivity contribution in [3.63, 3.8) is 0 Å². The summed E-state index contributed by atoms with van der Waals surface area (Å²) < 4.78 is 0.737. The number of carboxylic acids is 1. The number of aliphatic carboxylic acids is 1. The largest absolute Gasteiger partial charge is 0.481 e. The van der Waals surface area contributed by atoms with Crippen molar-refractivity contribution in [1.29, 1.82) is 0 Å². The Bertz CT molecular complexity index is 563. The highest BCUT2D eigenvalue weighted by molar-refractivity contribution is 9.10. The number of hydrogen-bond donors (Lipinski definition) is 1. The van der Waals surface area contributed by atoms with Gasteiger partial charge in [0.05, 0.1) is 10.3 Å². The summed E-state index contributed by atoms with van der Waals surface area (Å²) in [7, 11) is 0. The molecule has 1 fully saturated rings. The number of nitro groups is 1. The predicted octanol–water partition coefficient (Wildman–Crippen LogP) is 3.05. The molecule has 0 amide bonds. The SMILES string of the molecule is CC1(C(=O)O)CCCN(c2cc(Br)ccc2[N+](=O)[O-])C1. The van der Waals surface area contributed by atoms with Gasteiger partial charge in [0, 0.05) is 23.6 Å². The molecule has 1 aliphatic rings. The standard InChI is InChI=1S/C13H15BrN2O4/c1-13(12(17)18)5-2-6-15(8-13)11-7-9(14)3-4-10(11)16(19)20/h3-4,7H,2,5-6,8H2,1H3,(H,17,18). The molecule has 0 aromatic heterocycles. The Morgan fingerprint density at radius 1 is 1.55 bits per heavy atom. The van der Waals surface area contributed by atoms with E-state index in [1.165, 1.54) is 6.07 Å². The van der Waals surface area contributed by atoms with Crippen molar-refractivity contribution < 1.29 is 14.8 Å². The fourth-order valence-electron chi connectivity index (χ4n) is 2.52. The second-order valence-electron chi connectivity index (χ2n) is 5.28. The predicted molar refractivity (Wildman–Crippen MR) is 78.0 cm³/mol. The van der Waals surface area contributed by atoms with Crippen molar-refractivity contribution in [1.82, 2.24) is 0 Å². The number of nitro benzene ring substituents is 1. The minimum Gasteiger partial charge on any atom is -0.481 e. The normalized spacial score (nSPS) is 22.6. The summed E-state index contributed by atoms with van der Waals surface area (Å²) in [5.41, 5.74) is -0.395. The Hall–Kier alpha value is -1.63. The molecule has 1 aromatic carbocycles. The molecule has 6 nitrogen and oxygen atoms in total. The summed E-state index contributed by atoms with van der Waals surface area (Å²) >= 11 is 3.30. The molecule has 1 unspecified atom stereocenters. The molecule has 0 aliphatic carbocycles. The zero-order valence-electron chi connectivity index (χ0n) is 11.0. The molecule has 1 saturated heterocycles. The van der Waals surface area contributed by atoms with Crippen molar-refractivity contribution in [2.45, 2.75) is 19.8 Å². The van der Waals surface area contributed by atoms with Gasteiger partial charge in [-0.1, -0.05) is 15.9 Å². The third kappa shape index (κ3) is 2.77. The van der Waals surface area contributed by atoms with Gasteiger partial charge in [0.15, 0.2) is 0 Å². The van der Waals surface area contributed by atoms with Crippen LogP contribution >= 0.6 is 15.9 Å². The molecular weight excluding hydrogens is 328 g/mol. The summed E-state index contributed by atoms with van der Waals surface area (Å²) in [6.45, 7) is 2.59. The van der Waals surface area contributed by atoms with Crippen LogP contribution in [0.4, 0.5) is 11.4 Å². The van der Waals surface area contributed by atoms with E-state index in [2.05, 4.69) is 15.9 Å². The second-order valence-corrected chi connectivity index (χ2v) is 6.20. The van der Waals surface area contributed by atoms with Gasteiger partial charge >= 0.3 is 5.97 Å². The maximum atomic E-state index is 11.4. The molecule has 1 heterocycles. The van der Waals surface area contributed by atoms with Crippen molar-refractivity contribution >= 4 is 33.3 Å². The topological polar surface area (TPSA) is 83.7 Å². The van der Waals surface area contributed by atoms with Crippen LogP contribution in [0.3, 0.4) is 0 Å². The number of benzene rings is 1. The van der Waals surface area contributed by atoms with Crippen LogP contribution in [0.25, 0.3) is 0 Å². The van der Waals surface area contributed by atoms with E-state index in [-0.39, 0.29) is 12.2 Å². The van der Waals surface area contributed by atoms with Gasteiger partial charge in [-0.2, -0.15) is 0 Å². The van der Waals surface area contributed by atoms with Gasteiger partial charge in [0.2, 0.25) is 0 Å². The molecule has 1 aromatic rings. The van der Waals surface area contributed by atoms with Gasteiger partial charge in [0.1, 0.15) is 5.69 Å². The maximum absolute atomic E-state index is 11.4. The minimum absolute atomic E-state index is 0.00263. The molecule has 0 radical (unpaired) electrons. The van der Waals surface area contributed by atoms with E-state index in [9.17, 15) is 20.0 Å². The molecule has 7 heteroatoms. The molecule has 1 N–H and O–H groups in total. The minimum atomic E-state index is -0.867. The number of piperidine rings is 1. The van der Waals surface area contributed by atoms with Crippen molar-refractivity contribution in [3.8, 4) is 0 Å². The summed E-state index contributed by atoms with van der Waals surface area (Å²) in [5, 5.41) is 20.4. The molecule has 0 spiro atoms. The third-order valence-electron chi connectivity index (χ3n) is 3.69. The van der Waals surface area contributed by atoms with Crippen LogP contribution in [0.5, 0.6) is 0 Å². The first kappa shape index (κ1) is 14.8. The number of rotatable bonds is 3. The lowest BCUT2D eigenvalue weighted by atomic mass is 9.82. The number of carboxylic acid groups (broad SMARTS) is 1. The first-order chi connectivity index (χ1) is 9.33. The molecule has 20 heavy (non-hydrogen) atoms. The van der Waals surface area contributed by atoms with Gasteiger partial charge in [-0.15, -0.1) is 0 Å². The number of nitrogens with zero attached hydrogens (tertiary/aromatic N) is 2. The maximum Gasteiger partial charge on any atom is 0.311 e. The quantitative estimate of drug-likeness (QED) is 0.674. The van der Waals surface area contributed by atoms with Crippen LogP contribution in [-0.2, 0) is 4.79 Å². The Morgan fingerprint density at radius 2 is 2.25 bits per heavy atom. The monoisotopic (exact) mass is 342 g/mol. The highest BCUT2D eigenvalue weighted by atomic mass is 79.9. The molecule has 1 aliphatic heterocycles. The zero-order valence-corrected chi connectivity index (χ0v) is 12.6. The van der Waals surface area contributed by atoms with E-state index < -0.39 is 16.3 Å². The number of anilines is 1. The van der Waals surface area contributed by atoms with Gasteiger partial charge in [-0.05, 0) is 31.9 Å². The van der Waals surface area contributed by atoms with Crippen LogP contribution in [0.1, 0.15) is 19.8 Å². The first-order valence-corrected chi connectivity index (χ1v) is 7.05. The Kier molecular flexibility index (Phi) is 3.99. The van der Waals surface area contributed by atoms with Crippen LogP contribution in [0.2, 0.25) is 0 Å². The smallest absolute Gasteiger partial charge is 0.311 e. The van der Waals surface area contributed by atoms with Gasteiger partial charge in [0.25, 0.3) is 5.69 Å². The van der Waals surface area contributed by atoms with E-state index in [1.54, 1.807) is 24.0 Å². The number of halogens is 1. The molecule has 2 rings (SSSR count). The van der Waals surface area contributed by atoms with Gasteiger partial charge in [-0.25, -0.2) is 0 Å². The van der Waals surface area contributed by atoms with Crippen molar-refractivity contribution in [3.05, 3.63) is 32.8 Å². The lowest BCUT2D eigenvalue weighted by Gasteiger charge is -2.38. The lowest BCUT2D eigenvalue weighted by Crippen LogP contribution is -2.46. The molecule has 1 atom stereocenters. The van der Waals surface area contributed by atoms with E-state index in [0.717, 1.165) is 4.47 Å². The number of hydrogen-bond acceptors (Lipinski definition) is 4. The summed E-state index contributed by atoms with van der Waals surface area (Å²) in [4.78, 5) is 23.8. The van der Waals surface area contributed by atoms with Crippen molar-refractivity contribution in [2.75, 3.05) is 18.0 Å². The van der Waals surface area contributed by atoms with Crippen LogP contribution in [-0.4, -0.2) is 29.1 Å². The third-order valence-corrected chi connectivity index (χ3v) is 4.18. The van der Waals surface area contributed by atoms with E-state index in [4.69, 9.17) is 0 Å². The molecule has 0 saturated carbocycles. The Balaban J connectivity index is 2.38. The Labute approximate surface area is 124 Å². The van der Waals surface area contributed by atoms with Crippen molar-refractivity contribution in [2.24, 2.45) is 5.41 Å². The van der Waals surface area contributed by atoms with Gasteiger partial charge in [-0.3, -0.25) is 14.9 Å². The van der Waals surface area contributed by atoms with Gasteiger partial charge < -0.3 is 10.0 Å². The average Bonchev–Trinajstić information content (AvgIpc) is 2.38. The first-order valence-electron chi connectivity index (χ1n) is 6.26. The average molecular weight is 343 g/mol. The zero-order chi connectivity index (χ0) is 14.9. The van der Waals surface area contributed by atoms with E-state index >= 15 is 0 Å². The lowest BCUT2D eigenvalue weighted by molar-refractivity contribution is -0.384. The highest BCUT2D eigenvalue weighted by Gasteiger charge is 2.39.